The van der Waals surface area contributed by atoms with Crippen molar-refractivity contribution in [1.29, 1.82) is 0 Å². The van der Waals surface area contributed by atoms with Crippen LogP contribution in [0, 0.1) is 0 Å². The minimum absolute atomic E-state index is 0.170. The van der Waals surface area contributed by atoms with Crippen LogP contribution in [-0.4, -0.2) is 14.2 Å². The second-order valence-electron chi connectivity index (χ2n) is 4.12. The van der Waals surface area contributed by atoms with Crippen LogP contribution in [0.4, 0.5) is 0 Å². The molecule has 5 heteroatoms. The lowest BCUT2D eigenvalue weighted by Gasteiger charge is -2.19. The first kappa shape index (κ1) is 14.9. The predicted octanol–water partition coefficient (Wildman–Crippen LogP) is 4.68. The molecular formula is C14H15BrClNOS. The molecule has 0 aliphatic rings. The summed E-state index contributed by atoms with van der Waals surface area (Å²) in [6.45, 7) is 0. The zero-order chi connectivity index (χ0) is 13.8. The summed E-state index contributed by atoms with van der Waals surface area (Å²) in [5, 5.41) is 6.14. The summed E-state index contributed by atoms with van der Waals surface area (Å²) in [6.07, 6.45) is 0.894. The van der Waals surface area contributed by atoms with Gasteiger partial charge in [0.15, 0.2) is 0 Å². The summed E-state index contributed by atoms with van der Waals surface area (Å²) in [6, 6.07) is 7.96. The fourth-order valence-corrected chi connectivity index (χ4v) is 3.74. The molecule has 2 nitrogen and oxygen atoms in total. The largest absolute Gasteiger partial charge is 0.496 e. The molecular weight excluding hydrogens is 346 g/mol. The van der Waals surface area contributed by atoms with E-state index in [2.05, 4.69) is 32.7 Å². The molecule has 0 amide bonds. The van der Waals surface area contributed by atoms with Crippen LogP contribution in [0.15, 0.2) is 34.1 Å². The Bertz CT molecular complexity index is 558. The van der Waals surface area contributed by atoms with Crippen LogP contribution < -0.4 is 10.1 Å². The fourth-order valence-electron chi connectivity index (χ4n) is 2.00. The van der Waals surface area contributed by atoms with Crippen molar-refractivity contribution in [2.45, 2.75) is 12.5 Å². The van der Waals surface area contributed by atoms with Gasteiger partial charge in [-0.1, -0.05) is 11.6 Å². The summed E-state index contributed by atoms with van der Waals surface area (Å²) in [5.74, 6) is 0.858. The minimum Gasteiger partial charge on any atom is -0.496 e. The van der Waals surface area contributed by atoms with Crippen molar-refractivity contribution < 1.29 is 4.74 Å². The van der Waals surface area contributed by atoms with Crippen LogP contribution in [0.5, 0.6) is 5.75 Å². The van der Waals surface area contributed by atoms with Crippen LogP contribution in [0.3, 0.4) is 0 Å². The van der Waals surface area contributed by atoms with Gasteiger partial charge in [0.2, 0.25) is 0 Å². The predicted molar refractivity (Wildman–Crippen MR) is 85.5 cm³/mol. The van der Waals surface area contributed by atoms with E-state index in [1.165, 1.54) is 4.88 Å². The highest BCUT2D eigenvalue weighted by Gasteiger charge is 2.17. The molecule has 0 radical (unpaired) electrons. The third-order valence-corrected chi connectivity index (χ3v) is 5.18. The highest BCUT2D eigenvalue weighted by Crippen LogP contribution is 2.33. The number of nitrogens with one attached hydrogen (secondary N) is 1. The van der Waals surface area contributed by atoms with E-state index in [1.807, 2.05) is 25.2 Å². The van der Waals surface area contributed by atoms with Crippen molar-refractivity contribution in [3.05, 3.63) is 49.6 Å². The monoisotopic (exact) mass is 359 g/mol. The first-order chi connectivity index (χ1) is 9.15. The third kappa shape index (κ3) is 3.51. The molecule has 0 aliphatic carbocycles. The number of benzene rings is 1. The molecule has 102 valence electrons. The van der Waals surface area contributed by atoms with Crippen LogP contribution in [0.25, 0.3) is 0 Å². The number of rotatable bonds is 5. The van der Waals surface area contributed by atoms with E-state index in [0.717, 1.165) is 27.2 Å². The van der Waals surface area contributed by atoms with Crippen LogP contribution in [0.2, 0.25) is 5.02 Å². The van der Waals surface area contributed by atoms with Gasteiger partial charge < -0.3 is 10.1 Å². The molecule has 1 aromatic carbocycles. The summed E-state index contributed by atoms with van der Waals surface area (Å²) >= 11 is 11.4. The number of methoxy groups -OCH3 is 1. The average Bonchev–Trinajstić information content (AvgIpc) is 2.81. The Hall–Kier alpha value is -0.550. The van der Waals surface area contributed by atoms with Crippen molar-refractivity contribution in [3.8, 4) is 5.75 Å². The lowest BCUT2D eigenvalue weighted by atomic mass is 10.0. The molecule has 19 heavy (non-hydrogen) atoms. The highest BCUT2D eigenvalue weighted by molar-refractivity contribution is 9.10. The maximum atomic E-state index is 6.10. The SMILES string of the molecule is CNC(Cc1sccc1Br)c1cc(Cl)ccc1OC. The van der Waals surface area contributed by atoms with E-state index >= 15 is 0 Å². The second kappa shape index (κ2) is 6.75. The van der Waals surface area contributed by atoms with Gasteiger partial charge in [-0.25, -0.2) is 0 Å². The summed E-state index contributed by atoms with van der Waals surface area (Å²) in [7, 11) is 3.63. The number of hydrogen-bond acceptors (Lipinski definition) is 3. The van der Waals surface area contributed by atoms with Gasteiger partial charge in [0.05, 0.1) is 7.11 Å². The van der Waals surface area contributed by atoms with Gasteiger partial charge in [-0.3, -0.25) is 0 Å². The van der Waals surface area contributed by atoms with Gasteiger partial charge in [0.1, 0.15) is 5.75 Å². The van der Waals surface area contributed by atoms with E-state index in [4.69, 9.17) is 16.3 Å². The van der Waals surface area contributed by atoms with E-state index in [0.29, 0.717) is 0 Å². The molecule has 1 atom stereocenters. The second-order valence-corrected chi connectivity index (χ2v) is 6.41. The van der Waals surface area contributed by atoms with Crippen LogP contribution in [-0.2, 0) is 6.42 Å². The third-order valence-electron chi connectivity index (χ3n) is 3.00. The molecule has 0 saturated carbocycles. The number of halogens is 2. The van der Waals surface area contributed by atoms with Crippen LogP contribution >= 0.6 is 38.9 Å². The van der Waals surface area contributed by atoms with Crippen LogP contribution in [0.1, 0.15) is 16.5 Å². The molecule has 2 rings (SSSR count). The molecule has 0 aliphatic heterocycles. The maximum Gasteiger partial charge on any atom is 0.123 e. The average molecular weight is 361 g/mol. The molecule has 0 spiro atoms. The van der Waals surface area contributed by atoms with Gasteiger partial charge in [0, 0.05) is 32.4 Å². The molecule has 1 aromatic heterocycles. The van der Waals surface area contributed by atoms with Crippen molar-refractivity contribution in [1.82, 2.24) is 5.32 Å². The molecule has 0 bridgehead atoms. The van der Waals surface area contributed by atoms with Crippen molar-refractivity contribution in [2.75, 3.05) is 14.2 Å². The Morgan fingerprint density at radius 1 is 1.42 bits per heavy atom. The molecule has 2 aromatic rings. The first-order valence-electron chi connectivity index (χ1n) is 5.88. The topological polar surface area (TPSA) is 21.3 Å². The van der Waals surface area contributed by atoms with E-state index in [9.17, 15) is 0 Å². The van der Waals surface area contributed by atoms with Gasteiger partial charge in [-0.05, 0) is 52.6 Å². The summed E-state index contributed by atoms with van der Waals surface area (Å²) in [5.41, 5.74) is 1.08. The molecule has 1 heterocycles. The number of hydrogen-bond donors (Lipinski definition) is 1. The zero-order valence-electron chi connectivity index (χ0n) is 10.7. The highest BCUT2D eigenvalue weighted by atomic mass is 79.9. The number of likely N-dealkylation sites (N-methyl/N-ethyl adjacent to an activating group) is 1. The van der Waals surface area contributed by atoms with Crippen molar-refractivity contribution >= 4 is 38.9 Å². The molecule has 0 fully saturated rings. The van der Waals surface area contributed by atoms with Gasteiger partial charge in [0.25, 0.3) is 0 Å². The molecule has 1 unspecified atom stereocenters. The summed E-state index contributed by atoms with van der Waals surface area (Å²) < 4.78 is 6.58. The Kier molecular flexibility index (Phi) is 5.28. The normalized spacial score (nSPS) is 12.4. The minimum atomic E-state index is 0.170. The Balaban J connectivity index is 2.31. The Morgan fingerprint density at radius 3 is 2.79 bits per heavy atom. The van der Waals surface area contributed by atoms with Gasteiger partial charge in [-0.15, -0.1) is 11.3 Å². The number of ether oxygens (including phenoxy) is 1. The first-order valence-corrected chi connectivity index (χ1v) is 7.93. The van der Waals surface area contributed by atoms with Gasteiger partial charge >= 0.3 is 0 Å². The molecule has 1 N–H and O–H groups in total. The van der Waals surface area contributed by atoms with E-state index in [-0.39, 0.29) is 6.04 Å². The van der Waals surface area contributed by atoms with E-state index < -0.39 is 0 Å². The van der Waals surface area contributed by atoms with E-state index in [1.54, 1.807) is 18.4 Å². The molecule has 0 saturated heterocycles. The lowest BCUT2D eigenvalue weighted by Crippen LogP contribution is -2.19. The van der Waals surface area contributed by atoms with Gasteiger partial charge in [-0.2, -0.15) is 0 Å². The Morgan fingerprint density at radius 2 is 2.21 bits per heavy atom. The maximum absolute atomic E-state index is 6.10. The summed E-state index contributed by atoms with van der Waals surface area (Å²) in [4.78, 5) is 1.31. The lowest BCUT2D eigenvalue weighted by molar-refractivity contribution is 0.401. The fraction of sp³-hybridized carbons (Fsp3) is 0.286. The van der Waals surface area contributed by atoms with Crippen molar-refractivity contribution in [3.63, 3.8) is 0 Å². The zero-order valence-corrected chi connectivity index (χ0v) is 13.9. The van der Waals surface area contributed by atoms with Crippen molar-refractivity contribution in [2.24, 2.45) is 0 Å². The quantitative estimate of drug-likeness (QED) is 0.836. The Labute approximate surface area is 130 Å². The smallest absolute Gasteiger partial charge is 0.123 e. The number of thiophene rings is 1. The standard InChI is InChI=1S/C14H15BrClNOS/c1-17-12(8-14-11(15)5-6-19-14)10-7-9(16)3-4-13(10)18-2/h3-7,12,17H,8H2,1-2H3.